The van der Waals surface area contributed by atoms with Crippen molar-refractivity contribution in [1.29, 1.82) is 0 Å². The molecule has 2 aliphatic heterocycles. The number of ether oxygens (including phenoxy) is 2. The molecule has 6 nitrogen and oxygen atoms in total. The quantitative estimate of drug-likeness (QED) is 0.581. The summed E-state index contributed by atoms with van der Waals surface area (Å²) in [5.41, 5.74) is 0.659. The van der Waals surface area contributed by atoms with E-state index >= 15 is 0 Å². The van der Waals surface area contributed by atoms with Crippen LogP contribution in [0.2, 0.25) is 18.1 Å². The van der Waals surface area contributed by atoms with Gasteiger partial charge in [0.25, 0.3) is 0 Å². The summed E-state index contributed by atoms with van der Waals surface area (Å²) in [4.78, 5) is 12.2. The van der Waals surface area contributed by atoms with Crippen LogP contribution in [0.5, 0.6) is 6.01 Å². The van der Waals surface area contributed by atoms with Crippen LogP contribution in [0.3, 0.4) is 0 Å². The Morgan fingerprint density at radius 2 is 2.08 bits per heavy atom. The maximum absolute atomic E-state index is 12.2. The maximum atomic E-state index is 12.2. The molecule has 0 aromatic carbocycles. The minimum absolute atomic E-state index is 0.0300. The van der Waals surface area contributed by atoms with E-state index in [4.69, 9.17) is 13.9 Å². The predicted molar refractivity (Wildman–Crippen MR) is 102 cm³/mol. The highest BCUT2D eigenvalue weighted by molar-refractivity contribution is 6.74. The number of rotatable bonds is 5. The molecular formula is C19H33N2O4Si+. The average Bonchev–Trinajstić information content (AvgIpc) is 2.89. The zero-order valence-electron chi connectivity index (χ0n) is 17.3. The lowest BCUT2D eigenvalue weighted by molar-refractivity contribution is -0.770. The first kappa shape index (κ1) is 19.6. The summed E-state index contributed by atoms with van der Waals surface area (Å²) < 4.78 is 22.4. The van der Waals surface area contributed by atoms with Gasteiger partial charge in [0, 0.05) is 0 Å². The average molecular weight is 382 g/mol. The summed E-state index contributed by atoms with van der Waals surface area (Å²) in [6, 6.07) is 0.573. The number of hydrogen-bond donors (Lipinski definition) is 0. The molecule has 7 heteroatoms. The van der Waals surface area contributed by atoms with Crippen LogP contribution in [-0.2, 0) is 16.2 Å². The van der Waals surface area contributed by atoms with Gasteiger partial charge >= 0.3 is 11.6 Å². The Morgan fingerprint density at radius 1 is 1.42 bits per heavy atom. The minimum atomic E-state index is -1.91. The van der Waals surface area contributed by atoms with E-state index in [2.05, 4.69) is 40.8 Å². The number of hydrogen-bond acceptors (Lipinski definition) is 4. The van der Waals surface area contributed by atoms with Crippen LogP contribution in [0.25, 0.3) is 0 Å². The first-order valence-corrected chi connectivity index (χ1v) is 12.4. The van der Waals surface area contributed by atoms with Crippen LogP contribution in [0, 0.1) is 12.8 Å². The first-order valence-electron chi connectivity index (χ1n) is 9.53. The zero-order chi connectivity index (χ0) is 19.4. The Kier molecular flexibility index (Phi) is 4.86. The van der Waals surface area contributed by atoms with Gasteiger partial charge in [-0.3, -0.25) is 0 Å². The molecule has 3 atom stereocenters. The molecular weight excluding hydrogens is 348 g/mol. The standard InChI is InChI=1S/C19H33N2O4Si/c1-12(2)19(4,5)26(7,8)23-11-15-14-9-16(24-15)21-10-13(3)17(22)20(6)18(21)25-14/h10,12,14-16H,9,11H2,1-8H3/q+1/t14-,15+,16+/m0/s1. The van der Waals surface area contributed by atoms with Gasteiger partial charge in [-0.15, -0.1) is 0 Å². The molecule has 1 fully saturated rings. The summed E-state index contributed by atoms with van der Waals surface area (Å²) in [7, 11) is -0.163. The lowest BCUT2D eigenvalue weighted by atomic mass is 9.99. The largest absolute Gasteiger partial charge is 0.461 e. The van der Waals surface area contributed by atoms with E-state index in [1.54, 1.807) is 11.6 Å². The Labute approximate surface area is 157 Å². The van der Waals surface area contributed by atoms with E-state index in [0.717, 1.165) is 6.42 Å². The summed E-state index contributed by atoms with van der Waals surface area (Å²) in [6.07, 6.45) is 2.36. The molecule has 0 spiro atoms. The monoisotopic (exact) mass is 381 g/mol. The molecule has 26 heavy (non-hydrogen) atoms. The van der Waals surface area contributed by atoms with Crippen LogP contribution in [0.15, 0.2) is 11.0 Å². The van der Waals surface area contributed by atoms with Crippen molar-refractivity contribution < 1.29 is 18.5 Å². The third-order valence-electron chi connectivity index (χ3n) is 6.83. The topological polar surface area (TPSA) is 53.6 Å². The molecule has 1 aromatic heterocycles. The highest BCUT2D eigenvalue weighted by Gasteiger charge is 2.50. The Hall–Kier alpha value is -1.18. The molecule has 0 radical (unpaired) electrons. The van der Waals surface area contributed by atoms with E-state index < -0.39 is 8.32 Å². The van der Waals surface area contributed by atoms with E-state index in [0.29, 0.717) is 24.1 Å². The summed E-state index contributed by atoms with van der Waals surface area (Å²) in [5.74, 6) is 0.557. The lowest BCUT2D eigenvalue weighted by Crippen LogP contribution is -2.50. The van der Waals surface area contributed by atoms with Gasteiger partial charge in [0.1, 0.15) is 18.4 Å². The minimum Gasteiger partial charge on any atom is -0.424 e. The third kappa shape index (κ3) is 3.04. The fraction of sp³-hybridized carbons (Fsp3) is 0.789. The Morgan fingerprint density at radius 3 is 2.69 bits per heavy atom. The van der Waals surface area contributed by atoms with Crippen LogP contribution in [-0.4, -0.2) is 31.7 Å². The molecule has 0 aliphatic carbocycles. The van der Waals surface area contributed by atoms with E-state index in [-0.39, 0.29) is 29.0 Å². The number of aromatic nitrogens is 2. The normalized spacial score (nSPS) is 25.3. The fourth-order valence-electron chi connectivity index (χ4n) is 3.64. The number of fused-ring (bicyclic) bond motifs is 4. The SMILES string of the molecule is Cc1c[n+]2c(n(C)c1=O)O[C@H]1C[C@H]2O[C@@H]1CO[Si](C)(C)C(C)(C)C(C)C. The van der Waals surface area contributed by atoms with Gasteiger partial charge in [0.2, 0.25) is 6.23 Å². The summed E-state index contributed by atoms with van der Waals surface area (Å²) in [5, 5.41) is 0.167. The van der Waals surface area contributed by atoms with Crippen LogP contribution < -0.4 is 14.9 Å². The second-order valence-electron chi connectivity index (χ2n) is 9.09. The first-order chi connectivity index (χ1) is 12.0. The van der Waals surface area contributed by atoms with E-state index in [1.165, 1.54) is 0 Å². The third-order valence-corrected chi connectivity index (χ3v) is 11.4. The second-order valence-corrected chi connectivity index (χ2v) is 13.7. The molecule has 2 bridgehead atoms. The van der Waals surface area contributed by atoms with Crippen LogP contribution in [0.4, 0.5) is 0 Å². The molecule has 1 saturated heterocycles. The molecule has 0 N–H and O–H groups in total. The molecule has 0 amide bonds. The number of aryl methyl sites for hydroxylation is 1. The van der Waals surface area contributed by atoms with Crippen LogP contribution >= 0.6 is 0 Å². The number of nitrogens with zero attached hydrogens (tertiary/aromatic N) is 2. The van der Waals surface area contributed by atoms with Crippen LogP contribution in [0.1, 0.15) is 45.9 Å². The van der Waals surface area contributed by atoms with Crippen molar-refractivity contribution in [2.24, 2.45) is 13.0 Å². The summed E-state index contributed by atoms with van der Waals surface area (Å²) in [6.45, 7) is 16.1. The smallest absolute Gasteiger partial charge is 0.424 e. The maximum Gasteiger partial charge on any atom is 0.461 e. The van der Waals surface area contributed by atoms with Gasteiger partial charge in [-0.2, -0.15) is 9.13 Å². The van der Waals surface area contributed by atoms with Crippen molar-refractivity contribution in [3.63, 3.8) is 0 Å². The molecule has 1 aromatic rings. The Bertz CT molecular complexity index is 757. The summed E-state index contributed by atoms with van der Waals surface area (Å²) >= 11 is 0. The van der Waals surface area contributed by atoms with Crippen molar-refractivity contribution in [2.45, 2.75) is 77.6 Å². The molecule has 0 saturated carbocycles. The molecule has 2 aliphatic rings. The van der Waals surface area contributed by atoms with Crippen molar-refractivity contribution in [1.82, 2.24) is 4.57 Å². The molecule has 0 unspecified atom stereocenters. The van der Waals surface area contributed by atoms with E-state index in [9.17, 15) is 4.79 Å². The van der Waals surface area contributed by atoms with E-state index in [1.807, 2.05) is 17.7 Å². The molecule has 3 heterocycles. The van der Waals surface area contributed by atoms with Gasteiger partial charge in [-0.05, 0) is 31.0 Å². The highest BCUT2D eigenvalue weighted by Crippen LogP contribution is 2.45. The molecule has 146 valence electrons. The van der Waals surface area contributed by atoms with Gasteiger partial charge in [-0.25, -0.2) is 4.79 Å². The van der Waals surface area contributed by atoms with Gasteiger partial charge in [0.15, 0.2) is 8.32 Å². The predicted octanol–water partition coefficient (Wildman–Crippen LogP) is 2.69. The Balaban J connectivity index is 1.75. The van der Waals surface area contributed by atoms with Gasteiger partial charge < -0.3 is 13.9 Å². The van der Waals surface area contributed by atoms with Gasteiger partial charge in [-0.1, -0.05) is 27.7 Å². The second kappa shape index (κ2) is 6.46. The van der Waals surface area contributed by atoms with Gasteiger partial charge in [0.05, 0.1) is 25.6 Å². The van der Waals surface area contributed by atoms with Crippen molar-refractivity contribution >= 4 is 8.32 Å². The van der Waals surface area contributed by atoms with Crippen molar-refractivity contribution in [3.8, 4) is 6.01 Å². The molecule has 3 rings (SSSR count). The fourth-order valence-corrected chi connectivity index (χ4v) is 5.99. The van der Waals surface area contributed by atoms with Crippen molar-refractivity contribution in [3.05, 3.63) is 22.1 Å². The lowest BCUT2D eigenvalue weighted by Gasteiger charge is -2.43. The zero-order valence-corrected chi connectivity index (χ0v) is 18.3. The van der Waals surface area contributed by atoms with Crippen molar-refractivity contribution in [2.75, 3.05) is 6.61 Å². The highest BCUT2D eigenvalue weighted by atomic mass is 28.4.